The van der Waals surface area contributed by atoms with Crippen molar-refractivity contribution in [3.63, 3.8) is 0 Å². The van der Waals surface area contributed by atoms with Crippen LogP contribution in [0, 0.1) is 5.82 Å². The summed E-state index contributed by atoms with van der Waals surface area (Å²) in [6, 6.07) is 3.81. The summed E-state index contributed by atoms with van der Waals surface area (Å²) < 4.78 is 23.8. The molecule has 6 heteroatoms. The van der Waals surface area contributed by atoms with Gasteiger partial charge in [0.25, 0.3) is 0 Å². The van der Waals surface area contributed by atoms with Gasteiger partial charge in [0.05, 0.1) is 18.8 Å². The lowest BCUT2D eigenvalue weighted by atomic mass is 10.1. The highest BCUT2D eigenvalue weighted by Gasteiger charge is 2.12. The third-order valence-electron chi connectivity index (χ3n) is 2.91. The molecule has 0 aromatic heterocycles. The first-order valence-electron chi connectivity index (χ1n) is 6.30. The predicted molar refractivity (Wildman–Crippen MR) is 72.4 cm³/mol. The third-order valence-corrected chi connectivity index (χ3v) is 2.91. The van der Waals surface area contributed by atoms with E-state index in [1.807, 2.05) is 4.90 Å². The molecule has 0 aliphatic heterocycles. The van der Waals surface area contributed by atoms with Crippen molar-refractivity contribution >= 4 is 5.97 Å². The quantitative estimate of drug-likeness (QED) is 0.747. The monoisotopic (exact) mass is 285 g/mol. The summed E-state index contributed by atoms with van der Waals surface area (Å²) in [6.45, 7) is 2.60. The lowest BCUT2D eigenvalue weighted by Crippen LogP contribution is -2.30. The Balaban J connectivity index is 2.79. The summed E-state index contributed by atoms with van der Waals surface area (Å²) in [7, 11) is 3.19. The molecule has 0 aliphatic rings. The van der Waals surface area contributed by atoms with Crippen LogP contribution in [0.5, 0.6) is 0 Å². The van der Waals surface area contributed by atoms with Crippen LogP contribution < -0.4 is 0 Å². The summed E-state index contributed by atoms with van der Waals surface area (Å²) >= 11 is 0. The van der Waals surface area contributed by atoms with Crippen LogP contribution >= 0.6 is 0 Å². The Kier molecular flexibility index (Phi) is 7.14. The molecule has 0 spiro atoms. The maximum absolute atomic E-state index is 13.8. The Morgan fingerprint density at radius 1 is 1.25 bits per heavy atom. The lowest BCUT2D eigenvalue weighted by Gasteiger charge is -2.22. The van der Waals surface area contributed by atoms with Gasteiger partial charge in [-0.25, -0.2) is 9.18 Å². The summed E-state index contributed by atoms with van der Waals surface area (Å²) in [5.41, 5.74) is 0.442. The minimum absolute atomic E-state index is 0.0832. The van der Waals surface area contributed by atoms with Crippen LogP contribution in [0.4, 0.5) is 4.39 Å². The summed E-state index contributed by atoms with van der Waals surface area (Å²) in [5, 5.41) is 8.94. The second kappa shape index (κ2) is 8.63. The SMILES string of the molecule is COCCN(CCOC)Cc1cc(C(=O)O)ccc1F. The Morgan fingerprint density at radius 3 is 2.35 bits per heavy atom. The molecule has 0 bridgehead atoms. The first kappa shape index (κ1) is 16.6. The number of hydrogen-bond donors (Lipinski definition) is 1. The van der Waals surface area contributed by atoms with Gasteiger partial charge in [-0.2, -0.15) is 0 Å². The number of carboxylic acids is 1. The van der Waals surface area contributed by atoms with Gasteiger partial charge >= 0.3 is 5.97 Å². The van der Waals surface area contributed by atoms with Crippen LogP contribution in [-0.4, -0.2) is 56.5 Å². The van der Waals surface area contributed by atoms with E-state index in [4.69, 9.17) is 14.6 Å². The van der Waals surface area contributed by atoms with Crippen molar-refractivity contribution in [1.29, 1.82) is 0 Å². The van der Waals surface area contributed by atoms with Gasteiger partial charge in [-0.1, -0.05) is 0 Å². The van der Waals surface area contributed by atoms with Gasteiger partial charge in [0.15, 0.2) is 0 Å². The normalized spacial score (nSPS) is 11.0. The maximum Gasteiger partial charge on any atom is 0.335 e. The number of rotatable bonds is 9. The molecule has 0 atom stereocenters. The number of carbonyl (C=O) groups is 1. The fourth-order valence-electron chi connectivity index (χ4n) is 1.78. The molecule has 0 unspecified atom stereocenters. The average Bonchev–Trinajstić information content (AvgIpc) is 2.43. The fourth-order valence-corrected chi connectivity index (χ4v) is 1.78. The van der Waals surface area contributed by atoms with E-state index in [-0.39, 0.29) is 5.56 Å². The number of hydrogen-bond acceptors (Lipinski definition) is 4. The average molecular weight is 285 g/mol. The number of ether oxygens (including phenoxy) is 2. The van der Waals surface area contributed by atoms with Crippen molar-refractivity contribution in [3.8, 4) is 0 Å². The van der Waals surface area contributed by atoms with Crippen LogP contribution in [0.25, 0.3) is 0 Å². The molecule has 0 aliphatic carbocycles. The molecule has 0 heterocycles. The highest BCUT2D eigenvalue weighted by atomic mass is 19.1. The maximum atomic E-state index is 13.8. The van der Waals surface area contributed by atoms with Gasteiger partial charge in [0, 0.05) is 39.4 Å². The van der Waals surface area contributed by atoms with Crippen molar-refractivity contribution < 1.29 is 23.8 Å². The smallest absolute Gasteiger partial charge is 0.335 e. The van der Waals surface area contributed by atoms with E-state index in [2.05, 4.69) is 0 Å². The zero-order valence-corrected chi connectivity index (χ0v) is 11.8. The van der Waals surface area contributed by atoms with E-state index >= 15 is 0 Å². The predicted octanol–water partition coefficient (Wildman–Crippen LogP) is 1.62. The molecule has 5 nitrogen and oxygen atoms in total. The molecule has 1 N–H and O–H groups in total. The molecule has 0 saturated heterocycles. The second-order valence-corrected chi connectivity index (χ2v) is 4.37. The second-order valence-electron chi connectivity index (χ2n) is 4.37. The standard InChI is InChI=1S/C14H20FNO4/c1-19-7-5-16(6-8-20-2)10-12-9-11(14(17)18)3-4-13(12)15/h3-4,9H,5-8,10H2,1-2H3,(H,17,18). The van der Waals surface area contributed by atoms with Crippen molar-refractivity contribution in [2.24, 2.45) is 0 Å². The van der Waals surface area contributed by atoms with Crippen molar-refractivity contribution in [2.45, 2.75) is 6.54 Å². The number of methoxy groups -OCH3 is 2. The Bertz CT molecular complexity index is 431. The first-order chi connectivity index (χ1) is 9.58. The highest BCUT2D eigenvalue weighted by Crippen LogP contribution is 2.13. The molecule has 20 heavy (non-hydrogen) atoms. The van der Waals surface area contributed by atoms with E-state index in [1.54, 1.807) is 14.2 Å². The third kappa shape index (κ3) is 5.24. The minimum atomic E-state index is -1.06. The lowest BCUT2D eigenvalue weighted by molar-refractivity contribution is 0.0696. The summed E-state index contributed by atoms with van der Waals surface area (Å²) in [6.07, 6.45) is 0. The summed E-state index contributed by atoms with van der Waals surface area (Å²) in [5.74, 6) is -1.47. The molecule has 1 aromatic carbocycles. The van der Waals surface area contributed by atoms with Crippen LogP contribution in [0.3, 0.4) is 0 Å². The minimum Gasteiger partial charge on any atom is -0.478 e. The van der Waals surface area contributed by atoms with Gasteiger partial charge in [0.1, 0.15) is 5.82 Å². The van der Waals surface area contributed by atoms with Crippen LogP contribution in [0.15, 0.2) is 18.2 Å². The molecule has 1 rings (SSSR count). The van der Waals surface area contributed by atoms with E-state index in [1.165, 1.54) is 18.2 Å². The van der Waals surface area contributed by atoms with Gasteiger partial charge in [-0.05, 0) is 18.2 Å². The number of benzene rings is 1. The highest BCUT2D eigenvalue weighted by molar-refractivity contribution is 5.87. The van der Waals surface area contributed by atoms with Crippen molar-refractivity contribution in [2.75, 3.05) is 40.5 Å². The van der Waals surface area contributed by atoms with Crippen LogP contribution in [-0.2, 0) is 16.0 Å². The van der Waals surface area contributed by atoms with Gasteiger partial charge in [0.2, 0.25) is 0 Å². The molecular formula is C14H20FNO4. The van der Waals surface area contributed by atoms with E-state index in [9.17, 15) is 9.18 Å². The largest absolute Gasteiger partial charge is 0.478 e. The van der Waals surface area contributed by atoms with Crippen LogP contribution in [0.2, 0.25) is 0 Å². The topological polar surface area (TPSA) is 59.0 Å². The van der Waals surface area contributed by atoms with Gasteiger partial charge in [-0.3, -0.25) is 4.90 Å². The van der Waals surface area contributed by atoms with Crippen molar-refractivity contribution in [1.82, 2.24) is 4.90 Å². The van der Waals surface area contributed by atoms with Crippen molar-refractivity contribution in [3.05, 3.63) is 35.1 Å². The molecule has 0 amide bonds. The van der Waals surface area contributed by atoms with Crippen LogP contribution in [0.1, 0.15) is 15.9 Å². The molecule has 0 fully saturated rings. The van der Waals surface area contributed by atoms with E-state index in [0.717, 1.165) is 0 Å². The zero-order chi connectivity index (χ0) is 15.0. The Morgan fingerprint density at radius 2 is 1.85 bits per heavy atom. The first-order valence-corrected chi connectivity index (χ1v) is 6.30. The number of carboxylic acid groups (broad SMARTS) is 1. The zero-order valence-electron chi connectivity index (χ0n) is 11.8. The fraction of sp³-hybridized carbons (Fsp3) is 0.500. The van der Waals surface area contributed by atoms with Gasteiger partial charge < -0.3 is 14.6 Å². The molecule has 0 saturated carbocycles. The molecule has 0 radical (unpaired) electrons. The Hall–Kier alpha value is -1.50. The number of halogens is 1. The summed E-state index contributed by atoms with van der Waals surface area (Å²) in [4.78, 5) is 12.9. The molecule has 1 aromatic rings. The molecule has 112 valence electrons. The Labute approximate surface area is 117 Å². The number of aromatic carboxylic acids is 1. The van der Waals surface area contributed by atoms with E-state index < -0.39 is 11.8 Å². The number of nitrogens with zero attached hydrogens (tertiary/aromatic N) is 1. The van der Waals surface area contributed by atoms with E-state index in [0.29, 0.717) is 38.4 Å². The molecular weight excluding hydrogens is 265 g/mol. The van der Waals surface area contributed by atoms with Gasteiger partial charge in [-0.15, -0.1) is 0 Å².